The summed E-state index contributed by atoms with van der Waals surface area (Å²) in [5.74, 6) is 2.38. The van der Waals surface area contributed by atoms with Crippen LogP contribution in [0.4, 0.5) is 17.1 Å². The van der Waals surface area contributed by atoms with Gasteiger partial charge in [-0.3, -0.25) is 0 Å². The summed E-state index contributed by atoms with van der Waals surface area (Å²) >= 11 is 4.43. The maximum absolute atomic E-state index is 6.03. The van der Waals surface area contributed by atoms with Gasteiger partial charge in [0.2, 0.25) is 0 Å². The van der Waals surface area contributed by atoms with Crippen LogP contribution in [0.2, 0.25) is 0 Å². The van der Waals surface area contributed by atoms with Crippen LogP contribution >= 0.6 is 45.2 Å². The van der Waals surface area contributed by atoms with Crippen LogP contribution in [0.1, 0.15) is 25.7 Å². The van der Waals surface area contributed by atoms with Crippen molar-refractivity contribution in [1.82, 2.24) is 0 Å². The maximum Gasteiger partial charge on any atom is 0.164 e. The molecule has 180 valence electrons. The maximum atomic E-state index is 6.03. The highest BCUT2D eigenvalue weighted by Crippen LogP contribution is 2.33. The van der Waals surface area contributed by atoms with Gasteiger partial charge in [0.15, 0.2) is 11.5 Å². The number of anilines is 3. The molecular formula is C25H34I2N4O2. The molecule has 2 aromatic carbocycles. The highest BCUT2D eigenvalue weighted by molar-refractivity contribution is 14.1. The summed E-state index contributed by atoms with van der Waals surface area (Å²) in [6, 6.07) is 15.6. The number of ether oxygens (including phenoxy) is 2. The predicted octanol–water partition coefficient (Wildman–Crippen LogP) is 5.49. The number of halogens is 2. The van der Waals surface area contributed by atoms with Gasteiger partial charge in [-0.15, -0.1) is 0 Å². The standard InChI is InChI=1S/C25H34I2N4O2/c26-17-32-24-10-9-23(15-25(24)33-18-27)31-13-11-30(12-14-31)22-7-5-21(6-8-22)29-16-19-1-3-20(28)4-2-19/h5-10,15,19-20,29H,1-4,11-14,16-18,28H2. The molecule has 0 unspecified atom stereocenters. The van der Waals surface area contributed by atoms with Crippen molar-refractivity contribution < 1.29 is 9.47 Å². The molecule has 1 aliphatic heterocycles. The minimum Gasteiger partial charge on any atom is -0.479 e. The molecule has 4 rings (SSSR count). The molecule has 1 heterocycles. The topological polar surface area (TPSA) is 63.0 Å². The quantitative estimate of drug-likeness (QED) is 0.271. The van der Waals surface area contributed by atoms with Gasteiger partial charge in [0, 0.05) is 61.9 Å². The fourth-order valence-corrected chi connectivity index (χ4v) is 5.38. The molecule has 8 heteroatoms. The predicted molar refractivity (Wildman–Crippen MR) is 155 cm³/mol. The van der Waals surface area contributed by atoms with E-state index < -0.39 is 0 Å². The van der Waals surface area contributed by atoms with E-state index in [9.17, 15) is 0 Å². The van der Waals surface area contributed by atoms with Crippen LogP contribution < -0.4 is 30.3 Å². The zero-order valence-corrected chi connectivity index (χ0v) is 23.3. The lowest BCUT2D eigenvalue weighted by molar-refractivity contribution is 0.339. The van der Waals surface area contributed by atoms with Gasteiger partial charge >= 0.3 is 0 Å². The van der Waals surface area contributed by atoms with Crippen LogP contribution in [0.25, 0.3) is 0 Å². The second-order valence-corrected chi connectivity index (χ2v) is 10.1. The molecule has 0 spiro atoms. The number of nitrogens with two attached hydrogens (primary N) is 1. The lowest BCUT2D eigenvalue weighted by Crippen LogP contribution is -2.46. The van der Waals surface area contributed by atoms with E-state index in [0.29, 0.717) is 15.3 Å². The molecule has 0 atom stereocenters. The number of piperazine rings is 1. The van der Waals surface area contributed by atoms with E-state index in [-0.39, 0.29) is 0 Å². The summed E-state index contributed by atoms with van der Waals surface area (Å²) in [6.07, 6.45) is 4.83. The zero-order valence-electron chi connectivity index (χ0n) is 19.0. The molecule has 0 amide bonds. The van der Waals surface area contributed by atoms with Gasteiger partial charge in [-0.2, -0.15) is 0 Å². The third kappa shape index (κ3) is 6.94. The van der Waals surface area contributed by atoms with Crippen molar-refractivity contribution in [2.75, 3.05) is 57.1 Å². The van der Waals surface area contributed by atoms with Crippen molar-refractivity contribution in [3.05, 3.63) is 42.5 Å². The monoisotopic (exact) mass is 676 g/mol. The highest BCUT2D eigenvalue weighted by Gasteiger charge is 2.20. The summed E-state index contributed by atoms with van der Waals surface area (Å²) in [4.78, 5) is 4.90. The first-order valence-corrected chi connectivity index (χ1v) is 14.8. The number of nitrogens with one attached hydrogen (secondary N) is 1. The molecule has 33 heavy (non-hydrogen) atoms. The van der Waals surface area contributed by atoms with Gasteiger partial charge in [0.25, 0.3) is 0 Å². The van der Waals surface area contributed by atoms with E-state index in [2.05, 4.69) is 96.7 Å². The Morgan fingerprint density at radius 1 is 0.788 bits per heavy atom. The summed E-state index contributed by atoms with van der Waals surface area (Å²) in [5.41, 5.74) is 9.73. The Labute approximate surface area is 224 Å². The molecule has 1 saturated carbocycles. The fraction of sp³-hybridized carbons (Fsp3) is 0.520. The smallest absolute Gasteiger partial charge is 0.164 e. The molecule has 1 saturated heterocycles. The number of nitrogens with zero attached hydrogens (tertiary/aromatic N) is 2. The Balaban J connectivity index is 1.28. The number of hydrogen-bond donors (Lipinski definition) is 2. The molecule has 2 fully saturated rings. The molecule has 3 N–H and O–H groups in total. The van der Waals surface area contributed by atoms with Crippen molar-refractivity contribution in [3.63, 3.8) is 0 Å². The molecule has 0 radical (unpaired) electrons. The Morgan fingerprint density at radius 2 is 1.36 bits per heavy atom. The summed E-state index contributed by atoms with van der Waals surface area (Å²) in [5, 5.41) is 3.63. The molecule has 0 bridgehead atoms. The normalized spacial score (nSPS) is 21.1. The zero-order chi connectivity index (χ0) is 23.0. The average molecular weight is 676 g/mol. The first-order valence-electron chi connectivity index (χ1n) is 11.8. The van der Waals surface area contributed by atoms with Crippen molar-refractivity contribution in [2.45, 2.75) is 31.7 Å². The second kappa shape index (κ2) is 12.5. The Bertz CT molecular complexity index is 867. The molecule has 1 aliphatic carbocycles. The first kappa shape index (κ1) is 25.0. The number of hydrogen-bond acceptors (Lipinski definition) is 6. The molecule has 2 aliphatic rings. The van der Waals surface area contributed by atoms with Crippen LogP contribution in [-0.2, 0) is 0 Å². The van der Waals surface area contributed by atoms with E-state index >= 15 is 0 Å². The molecule has 2 aromatic rings. The number of alkyl halides is 2. The summed E-state index contributed by atoms with van der Waals surface area (Å²) in [7, 11) is 0. The van der Waals surface area contributed by atoms with Gasteiger partial charge in [-0.05, 0) is 113 Å². The second-order valence-electron chi connectivity index (χ2n) is 8.82. The van der Waals surface area contributed by atoms with Crippen molar-refractivity contribution in [1.29, 1.82) is 0 Å². The summed E-state index contributed by atoms with van der Waals surface area (Å²) in [6.45, 7) is 5.03. The fourth-order valence-electron chi connectivity index (χ4n) is 4.71. The first-order chi connectivity index (χ1) is 16.2. The third-order valence-corrected chi connectivity index (χ3v) is 7.33. The lowest BCUT2D eigenvalue weighted by atomic mass is 9.86. The van der Waals surface area contributed by atoms with Gasteiger partial charge in [-0.1, -0.05) is 0 Å². The highest BCUT2D eigenvalue weighted by atomic mass is 127. The SMILES string of the molecule is NC1CCC(CNc2ccc(N3CCN(c4ccc(OCI)c(OCI)c4)CC3)cc2)CC1. The van der Waals surface area contributed by atoms with E-state index in [0.717, 1.165) is 50.1 Å². The van der Waals surface area contributed by atoms with Gasteiger partial charge < -0.3 is 30.3 Å². The number of rotatable bonds is 9. The minimum atomic E-state index is 0.418. The third-order valence-electron chi connectivity index (χ3n) is 6.71. The Hall–Kier alpha value is -1.14. The Morgan fingerprint density at radius 3 is 2.00 bits per heavy atom. The van der Waals surface area contributed by atoms with Crippen molar-refractivity contribution in [3.8, 4) is 11.5 Å². The lowest BCUT2D eigenvalue weighted by Gasteiger charge is -2.37. The van der Waals surface area contributed by atoms with Crippen LogP contribution in [-0.4, -0.2) is 48.0 Å². The summed E-state index contributed by atoms with van der Waals surface area (Å²) < 4.78 is 12.7. The van der Waals surface area contributed by atoms with Crippen molar-refractivity contribution in [2.24, 2.45) is 11.7 Å². The van der Waals surface area contributed by atoms with Gasteiger partial charge in [0.1, 0.15) is 9.23 Å². The molecular weight excluding hydrogens is 642 g/mol. The average Bonchev–Trinajstić information content (AvgIpc) is 2.85. The van der Waals surface area contributed by atoms with Crippen LogP contribution in [0, 0.1) is 5.92 Å². The van der Waals surface area contributed by atoms with Crippen LogP contribution in [0.3, 0.4) is 0 Å². The minimum absolute atomic E-state index is 0.418. The van der Waals surface area contributed by atoms with Gasteiger partial charge in [0.05, 0.1) is 0 Å². The largest absolute Gasteiger partial charge is 0.479 e. The Kier molecular flexibility index (Phi) is 9.48. The van der Waals surface area contributed by atoms with Crippen LogP contribution in [0.5, 0.6) is 11.5 Å². The number of benzene rings is 2. The molecule has 0 aromatic heterocycles. The van der Waals surface area contributed by atoms with E-state index in [4.69, 9.17) is 15.2 Å². The van der Waals surface area contributed by atoms with E-state index in [1.807, 2.05) is 6.07 Å². The van der Waals surface area contributed by atoms with Crippen LogP contribution in [0.15, 0.2) is 42.5 Å². The van der Waals surface area contributed by atoms with Crippen molar-refractivity contribution >= 4 is 62.2 Å². The van der Waals surface area contributed by atoms with Gasteiger partial charge in [-0.25, -0.2) is 0 Å². The van der Waals surface area contributed by atoms with E-state index in [1.54, 1.807) is 0 Å². The van der Waals surface area contributed by atoms with E-state index in [1.165, 1.54) is 42.7 Å². The molecule has 6 nitrogen and oxygen atoms in total.